The predicted octanol–water partition coefficient (Wildman–Crippen LogP) is 1.77. The molecule has 0 spiro atoms. The lowest BCUT2D eigenvalue weighted by atomic mass is 9.83. The Kier molecular flexibility index (Phi) is 4.05. The van der Waals surface area contributed by atoms with Crippen molar-refractivity contribution in [1.29, 1.82) is 0 Å². The van der Waals surface area contributed by atoms with Crippen LogP contribution in [0.25, 0.3) is 0 Å². The van der Waals surface area contributed by atoms with E-state index >= 15 is 0 Å². The Morgan fingerprint density at radius 1 is 1.47 bits per heavy atom. The Balaban J connectivity index is 1.74. The van der Waals surface area contributed by atoms with Crippen molar-refractivity contribution in [3.63, 3.8) is 0 Å². The highest BCUT2D eigenvalue weighted by Gasteiger charge is 2.16. The summed E-state index contributed by atoms with van der Waals surface area (Å²) in [6.45, 7) is 2.05. The number of nitrogens with zero attached hydrogens (tertiary/aromatic N) is 3. The van der Waals surface area contributed by atoms with Crippen molar-refractivity contribution >= 4 is 5.95 Å². The van der Waals surface area contributed by atoms with Crippen molar-refractivity contribution in [3.05, 3.63) is 11.9 Å². The Morgan fingerprint density at radius 3 is 2.76 bits per heavy atom. The van der Waals surface area contributed by atoms with E-state index in [2.05, 4.69) is 21.9 Å². The quantitative estimate of drug-likeness (QED) is 0.764. The maximum atomic E-state index is 4.41. The summed E-state index contributed by atoms with van der Waals surface area (Å²) in [4.78, 5) is 6.44. The molecule has 1 heterocycles. The molecule has 1 N–H and O–H groups in total. The van der Waals surface area contributed by atoms with Gasteiger partial charge in [0.2, 0.25) is 5.95 Å². The second-order valence-corrected chi connectivity index (χ2v) is 5.27. The van der Waals surface area contributed by atoms with E-state index in [-0.39, 0.29) is 0 Å². The largest absolute Gasteiger partial charge is 0.348 e. The van der Waals surface area contributed by atoms with Crippen molar-refractivity contribution in [2.24, 2.45) is 13.0 Å². The standard InChI is InChI=1S/C13H24N4/c1-16(2)13-15-10-12(17(13)3)9-14-8-7-11-5-4-6-11/h10-11,14H,4-9H2,1-3H3. The second-order valence-electron chi connectivity index (χ2n) is 5.27. The molecule has 0 bridgehead atoms. The van der Waals surface area contributed by atoms with E-state index in [0.717, 1.165) is 25.0 Å². The molecule has 1 saturated carbocycles. The van der Waals surface area contributed by atoms with E-state index in [1.807, 2.05) is 25.2 Å². The molecule has 0 saturated heterocycles. The minimum atomic E-state index is 0.921. The van der Waals surface area contributed by atoms with Crippen LogP contribution in [0.5, 0.6) is 0 Å². The third-order valence-corrected chi connectivity index (χ3v) is 3.72. The van der Waals surface area contributed by atoms with Gasteiger partial charge < -0.3 is 14.8 Å². The zero-order chi connectivity index (χ0) is 12.3. The third-order valence-electron chi connectivity index (χ3n) is 3.72. The van der Waals surface area contributed by atoms with E-state index in [1.165, 1.54) is 31.4 Å². The van der Waals surface area contributed by atoms with Gasteiger partial charge in [-0.15, -0.1) is 0 Å². The maximum absolute atomic E-state index is 4.41. The summed E-state index contributed by atoms with van der Waals surface area (Å²) in [6, 6.07) is 0. The molecule has 0 radical (unpaired) electrons. The Hall–Kier alpha value is -1.03. The van der Waals surface area contributed by atoms with Crippen LogP contribution in [0.4, 0.5) is 5.95 Å². The Bertz CT molecular complexity index is 352. The highest BCUT2D eigenvalue weighted by Crippen LogP contribution is 2.28. The van der Waals surface area contributed by atoms with Gasteiger partial charge in [-0.25, -0.2) is 4.98 Å². The smallest absolute Gasteiger partial charge is 0.204 e. The average molecular weight is 236 g/mol. The molecule has 4 heteroatoms. The molecule has 1 aromatic heterocycles. The lowest BCUT2D eigenvalue weighted by Crippen LogP contribution is -2.22. The number of rotatable bonds is 6. The molecule has 1 aliphatic carbocycles. The number of nitrogens with one attached hydrogen (secondary N) is 1. The van der Waals surface area contributed by atoms with Crippen LogP contribution < -0.4 is 10.2 Å². The van der Waals surface area contributed by atoms with E-state index in [4.69, 9.17) is 0 Å². The van der Waals surface area contributed by atoms with Gasteiger partial charge in [-0.1, -0.05) is 19.3 Å². The van der Waals surface area contributed by atoms with Crippen molar-refractivity contribution in [1.82, 2.24) is 14.9 Å². The van der Waals surface area contributed by atoms with Crippen LogP contribution in [0.1, 0.15) is 31.4 Å². The number of hydrogen-bond acceptors (Lipinski definition) is 3. The molecule has 1 aliphatic rings. The lowest BCUT2D eigenvalue weighted by molar-refractivity contribution is 0.292. The predicted molar refractivity (Wildman–Crippen MR) is 71.2 cm³/mol. The van der Waals surface area contributed by atoms with Crippen LogP contribution in [-0.2, 0) is 13.6 Å². The van der Waals surface area contributed by atoms with Gasteiger partial charge in [0, 0.05) is 27.7 Å². The fourth-order valence-electron chi connectivity index (χ4n) is 2.32. The molecule has 0 unspecified atom stereocenters. The molecular formula is C13H24N4. The molecular weight excluding hydrogens is 212 g/mol. The van der Waals surface area contributed by atoms with Crippen molar-refractivity contribution in [2.75, 3.05) is 25.5 Å². The SMILES string of the molecule is CN(C)c1ncc(CNCCC2CCC2)n1C. The van der Waals surface area contributed by atoms with Gasteiger partial charge in [0.25, 0.3) is 0 Å². The summed E-state index contributed by atoms with van der Waals surface area (Å²) in [5, 5.41) is 3.51. The highest BCUT2D eigenvalue weighted by molar-refractivity contribution is 5.30. The normalized spacial score (nSPS) is 15.9. The molecule has 0 aliphatic heterocycles. The average Bonchev–Trinajstić information content (AvgIpc) is 2.57. The second kappa shape index (κ2) is 5.54. The van der Waals surface area contributed by atoms with Gasteiger partial charge in [-0.2, -0.15) is 0 Å². The van der Waals surface area contributed by atoms with E-state index in [1.54, 1.807) is 0 Å². The van der Waals surface area contributed by atoms with E-state index in [0.29, 0.717) is 0 Å². The summed E-state index contributed by atoms with van der Waals surface area (Å²) >= 11 is 0. The molecule has 96 valence electrons. The monoisotopic (exact) mass is 236 g/mol. The molecule has 1 aromatic rings. The third kappa shape index (κ3) is 3.00. The fourth-order valence-corrected chi connectivity index (χ4v) is 2.32. The van der Waals surface area contributed by atoms with E-state index in [9.17, 15) is 0 Å². The zero-order valence-corrected chi connectivity index (χ0v) is 11.2. The number of imidazole rings is 1. The number of hydrogen-bond donors (Lipinski definition) is 1. The van der Waals surface area contributed by atoms with Gasteiger partial charge in [-0.05, 0) is 18.9 Å². The van der Waals surface area contributed by atoms with Gasteiger partial charge in [0.15, 0.2) is 0 Å². The molecule has 4 nitrogen and oxygen atoms in total. The summed E-state index contributed by atoms with van der Waals surface area (Å²) in [6.07, 6.45) is 7.62. The number of aromatic nitrogens is 2. The van der Waals surface area contributed by atoms with Crippen LogP contribution in [0.2, 0.25) is 0 Å². The van der Waals surface area contributed by atoms with Gasteiger partial charge in [-0.3, -0.25) is 0 Å². The Morgan fingerprint density at radius 2 is 2.24 bits per heavy atom. The first kappa shape index (κ1) is 12.4. The summed E-state index contributed by atoms with van der Waals surface area (Å²) < 4.78 is 2.15. The molecule has 0 amide bonds. The van der Waals surface area contributed by atoms with E-state index < -0.39 is 0 Å². The van der Waals surface area contributed by atoms with Gasteiger partial charge >= 0.3 is 0 Å². The minimum Gasteiger partial charge on any atom is -0.348 e. The van der Waals surface area contributed by atoms with Crippen molar-refractivity contribution in [2.45, 2.75) is 32.2 Å². The molecule has 17 heavy (non-hydrogen) atoms. The summed E-state index contributed by atoms with van der Waals surface area (Å²) in [5.74, 6) is 2.01. The van der Waals surface area contributed by atoms with Crippen LogP contribution >= 0.6 is 0 Å². The summed E-state index contributed by atoms with van der Waals surface area (Å²) in [7, 11) is 6.12. The Labute approximate surface area is 104 Å². The zero-order valence-electron chi connectivity index (χ0n) is 11.2. The lowest BCUT2D eigenvalue weighted by Gasteiger charge is -2.25. The first-order chi connectivity index (χ1) is 8.18. The van der Waals surface area contributed by atoms with Crippen LogP contribution in [-0.4, -0.2) is 30.2 Å². The topological polar surface area (TPSA) is 33.1 Å². The van der Waals surface area contributed by atoms with Crippen LogP contribution in [0.15, 0.2) is 6.20 Å². The minimum absolute atomic E-state index is 0.921. The van der Waals surface area contributed by atoms with Gasteiger partial charge in [0.1, 0.15) is 0 Å². The summed E-state index contributed by atoms with van der Waals surface area (Å²) in [5.41, 5.74) is 1.25. The van der Waals surface area contributed by atoms with Gasteiger partial charge in [0.05, 0.1) is 11.9 Å². The molecule has 1 fully saturated rings. The highest BCUT2D eigenvalue weighted by atomic mass is 15.3. The molecule has 0 atom stereocenters. The van der Waals surface area contributed by atoms with Crippen molar-refractivity contribution < 1.29 is 0 Å². The van der Waals surface area contributed by atoms with Crippen LogP contribution in [0.3, 0.4) is 0 Å². The first-order valence-corrected chi connectivity index (χ1v) is 6.57. The molecule has 2 rings (SSSR count). The molecule has 0 aromatic carbocycles. The fraction of sp³-hybridized carbons (Fsp3) is 0.769. The number of anilines is 1. The van der Waals surface area contributed by atoms with Crippen molar-refractivity contribution in [3.8, 4) is 0 Å². The first-order valence-electron chi connectivity index (χ1n) is 6.57. The van der Waals surface area contributed by atoms with Crippen LogP contribution in [0, 0.1) is 5.92 Å². The maximum Gasteiger partial charge on any atom is 0.204 e.